The summed E-state index contributed by atoms with van der Waals surface area (Å²) in [6.07, 6.45) is 2.59. The second-order valence-electron chi connectivity index (χ2n) is 6.59. The standard InChI is InChI=1S/C19H25N3O2S/c1-15(11-22-8-4-5-9-22)10-20-19(23)17-6-2-3-7-18(17)24-12-16-13-25-14-21-16/h2-3,6-7,13-15H,4-5,8-12H2,1H3,(H,20,23). The minimum Gasteiger partial charge on any atom is -0.486 e. The molecule has 1 amide bonds. The first-order chi connectivity index (χ1) is 12.2. The summed E-state index contributed by atoms with van der Waals surface area (Å²) in [5.74, 6) is 0.951. The average molecular weight is 359 g/mol. The molecule has 25 heavy (non-hydrogen) atoms. The molecule has 1 aliphatic heterocycles. The van der Waals surface area contributed by atoms with Crippen molar-refractivity contribution in [2.24, 2.45) is 5.92 Å². The van der Waals surface area contributed by atoms with Gasteiger partial charge in [0.2, 0.25) is 0 Å². The topological polar surface area (TPSA) is 54.5 Å². The number of nitrogens with one attached hydrogen (secondary N) is 1. The van der Waals surface area contributed by atoms with E-state index in [9.17, 15) is 4.79 Å². The first-order valence-corrected chi connectivity index (χ1v) is 9.76. The van der Waals surface area contributed by atoms with Crippen molar-refractivity contribution in [3.63, 3.8) is 0 Å². The molecule has 1 aliphatic rings. The molecule has 1 unspecified atom stereocenters. The van der Waals surface area contributed by atoms with Crippen LogP contribution in [0.25, 0.3) is 0 Å². The van der Waals surface area contributed by atoms with Crippen LogP contribution in [-0.4, -0.2) is 42.0 Å². The third-order valence-corrected chi connectivity index (χ3v) is 5.01. The Bertz CT molecular complexity index is 669. The number of hydrogen-bond acceptors (Lipinski definition) is 5. The van der Waals surface area contributed by atoms with E-state index in [0.717, 1.165) is 12.2 Å². The number of carbonyl (C=O) groups excluding carboxylic acids is 1. The van der Waals surface area contributed by atoms with Gasteiger partial charge in [0.05, 0.1) is 16.8 Å². The number of thiazole rings is 1. The highest BCUT2D eigenvalue weighted by molar-refractivity contribution is 7.07. The van der Waals surface area contributed by atoms with Gasteiger partial charge in [-0.3, -0.25) is 4.79 Å². The summed E-state index contributed by atoms with van der Waals surface area (Å²) in [6.45, 7) is 6.65. The van der Waals surface area contributed by atoms with Gasteiger partial charge in [0.25, 0.3) is 5.91 Å². The average Bonchev–Trinajstić information content (AvgIpc) is 3.32. The number of hydrogen-bond donors (Lipinski definition) is 1. The zero-order valence-electron chi connectivity index (χ0n) is 14.6. The van der Waals surface area contributed by atoms with Crippen molar-refractivity contribution in [1.29, 1.82) is 0 Å². The Morgan fingerprint density at radius 2 is 2.16 bits per heavy atom. The monoisotopic (exact) mass is 359 g/mol. The zero-order valence-corrected chi connectivity index (χ0v) is 15.4. The minimum absolute atomic E-state index is 0.0813. The fraction of sp³-hybridized carbons (Fsp3) is 0.474. The third kappa shape index (κ3) is 5.28. The van der Waals surface area contributed by atoms with E-state index in [4.69, 9.17) is 4.74 Å². The highest BCUT2D eigenvalue weighted by Gasteiger charge is 2.17. The Morgan fingerprint density at radius 1 is 1.36 bits per heavy atom. The van der Waals surface area contributed by atoms with Gasteiger partial charge in [-0.25, -0.2) is 4.98 Å². The van der Waals surface area contributed by atoms with Gasteiger partial charge in [-0.15, -0.1) is 11.3 Å². The molecule has 1 aromatic carbocycles. The summed E-state index contributed by atoms with van der Waals surface area (Å²) in [4.78, 5) is 19.2. The van der Waals surface area contributed by atoms with Crippen LogP contribution >= 0.6 is 11.3 Å². The van der Waals surface area contributed by atoms with Gasteiger partial charge >= 0.3 is 0 Å². The van der Waals surface area contributed by atoms with Crippen molar-refractivity contribution < 1.29 is 9.53 Å². The molecule has 2 heterocycles. The van der Waals surface area contributed by atoms with Crippen molar-refractivity contribution in [2.75, 3.05) is 26.2 Å². The molecule has 3 rings (SSSR count). The lowest BCUT2D eigenvalue weighted by Crippen LogP contribution is -2.34. The van der Waals surface area contributed by atoms with Crippen LogP contribution in [0, 0.1) is 5.92 Å². The van der Waals surface area contributed by atoms with E-state index in [-0.39, 0.29) is 5.91 Å². The van der Waals surface area contributed by atoms with Crippen LogP contribution < -0.4 is 10.1 Å². The lowest BCUT2D eigenvalue weighted by atomic mass is 10.1. The Morgan fingerprint density at radius 3 is 2.92 bits per heavy atom. The largest absolute Gasteiger partial charge is 0.486 e. The van der Waals surface area contributed by atoms with Crippen molar-refractivity contribution >= 4 is 17.2 Å². The van der Waals surface area contributed by atoms with Crippen LogP contribution in [0.1, 0.15) is 35.8 Å². The van der Waals surface area contributed by atoms with Crippen molar-refractivity contribution in [3.05, 3.63) is 46.4 Å². The molecule has 6 heteroatoms. The molecule has 2 aromatic rings. The van der Waals surface area contributed by atoms with Crippen LogP contribution in [0.5, 0.6) is 5.75 Å². The smallest absolute Gasteiger partial charge is 0.255 e. The fourth-order valence-corrected chi connectivity index (χ4v) is 3.62. The number of carbonyl (C=O) groups is 1. The second kappa shape index (κ2) is 8.97. The van der Waals surface area contributed by atoms with Gasteiger partial charge in [-0.05, 0) is 44.0 Å². The molecule has 0 aliphatic carbocycles. The number of nitrogens with zero attached hydrogens (tertiary/aromatic N) is 2. The Kier molecular flexibility index (Phi) is 6.42. The minimum atomic E-state index is -0.0813. The molecule has 0 saturated carbocycles. The normalized spacial score (nSPS) is 15.9. The van der Waals surface area contributed by atoms with Gasteiger partial charge in [0.1, 0.15) is 12.4 Å². The highest BCUT2D eigenvalue weighted by atomic mass is 32.1. The maximum absolute atomic E-state index is 12.6. The van der Waals surface area contributed by atoms with Crippen LogP contribution in [0.15, 0.2) is 35.2 Å². The molecular weight excluding hydrogens is 334 g/mol. The van der Waals surface area contributed by atoms with E-state index < -0.39 is 0 Å². The molecular formula is C19H25N3O2S. The highest BCUT2D eigenvalue weighted by Crippen LogP contribution is 2.19. The molecule has 1 atom stereocenters. The van der Waals surface area contributed by atoms with Gasteiger partial charge in [-0.2, -0.15) is 0 Å². The first kappa shape index (κ1) is 17.9. The number of para-hydroxylation sites is 1. The van der Waals surface area contributed by atoms with E-state index in [0.29, 0.717) is 30.4 Å². The number of ether oxygens (including phenoxy) is 1. The lowest BCUT2D eigenvalue weighted by Gasteiger charge is -2.20. The summed E-state index contributed by atoms with van der Waals surface area (Å²) in [7, 11) is 0. The second-order valence-corrected chi connectivity index (χ2v) is 7.31. The molecule has 1 N–H and O–H groups in total. The Hall–Kier alpha value is -1.92. The van der Waals surface area contributed by atoms with Crippen LogP contribution in [0.4, 0.5) is 0 Å². The number of benzene rings is 1. The quantitative estimate of drug-likeness (QED) is 0.786. The van der Waals surface area contributed by atoms with Crippen LogP contribution in [0.3, 0.4) is 0 Å². The van der Waals surface area contributed by atoms with E-state index in [2.05, 4.69) is 22.1 Å². The Labute approximate surface area is 153 Å². The summed E-state index contributed by atoms with van der Waals surface area (Å²) in [5.41, 5.74) is 3.23. The van der Waals surface area contributed by atoms with Crippen molar-refractivity contribution in [3.8, 4) is 5.75 Å². The molecule has 1 saturated heterocycles. The number of likely N-dealkylation sites (tertiary alicyclic amines) is 1. The van der Waals surface area contributed by atoms with E-state index in [1.165, 1.54) is 37.3 Å². The van der Waals surface area contributed by atoms with Crippen molar-refractivity contribution in [1.82, 2.24) is 15.2 Å². The molecule has 134 valence electrons. The maximum atomic E-state index is 12.6. The van der Waals surface area contributed by atoms with Gasteiger partial charge in [-0.1, -0.05) is 19.1 Å². The SMILES string of the molecule is CC(CNC(=O)c1ccccc1OCc1cscn1)CN1CCCC1. The zero-order chi connectivity index (χ0) is 17.5. The molecule has 0 bridgehead atoms. The lowest BCUT2D eigenvalue weighted by molar-refractivity contribution is 0.0940. The van der Waals surface area contributed by atoms with Crippen LogP contribution in [-0.2, 0) is 6.61 Å². The number of amides is 1. The van der Waals surface area contributed by atoms with Gasteiger partial charge < -0.3 is 15.0 Å². The number of aromatic nitrogens is 1. The van der Waals surface area contributed by atoms with Gasteiger partial charge in [0.15, 0.2) is 0 Å². The summed E-state index contributed by atoms with van der Waals surface area (Å²) in [6, 6.07) is 7.37. The summed E-state index contributed by atoms with van der Waals surface area (Å²) in [5, 5.41) is 4.99. The Balaban J connectivity index is 1.52. The molecule has 0 spiro atoms. The third-order valence-electron chi connectivity index (χ3n) is 4.37. The molecule has 5 nitrogen and oxygen atoms in total. The summed E-state index contributed by atoms with van der Waals surface area (Å²) >= 11 is 1.54. The first-order valence-electron chi connectivity index (χ1n) is 8.82. The summed E-state index contributed by atoms with van der Waals surface area (Å²) < 4.78 is 5.79. The number of rotatable bonds is 8. The van der Waals surface area contributed by atoms with E-state index >= 15 is 0 Å². The predicted octanol–water partition coefficient (Wildman–Crippen LogP) is 3.18. The fourth-order valence-electron chi connectivity index (χ4n) is 3.07. The maximum Gasteiger partial charge on any atom is 0.255 e. The van der Waals surface area contributed by atoms with E-state index in [1.54, 1.807) is 11.6 Å². The van der Waals surface area contributed by atoms with Crippen molar-refractivity contribution in [2.45, 2.75) is 26.4 Å². The molecule has 1 aromatic heterocycles. The molecule has 1 fully saturated rings. The molecule has 0 radical (unpaired) electrons. The van der Waals surface area contributed by atoms with Gasteiger partial charge in [0, 0.05) is 18.5 Å². The predicted molar refractivity (Wildman–Crippen MR) is 100 cm³/mol. The van der Waals surface area contributed by atoms with Crippen LogP contribution in [0.2, 0.25) is 0 Å². The van der Waals surface area contributed by atoms with E-state index in [1.807, 2.05) is 23.6 Å².